The molecule has 160 valence electrons. The Morgan fingerprint density at radius 1 is 1.07 bits per heavy atom. The Kier molecular flexibility index (Phi) is 7.44. The summed E-state index contributed by atoms with van der Waals surface area (Å²) < 4.78 is 19.3. The number of anilines is 1. The summed E-state index contributed by atoms with van der Waals surface area (Å²) in [7, 11) is 0. The first kappa shape index (κ1) is 21.8. The number of rotatable bonds is 7. The lowest BCUT2D eigenvalue weighted by Crippen LogP contribution is -2.34. The van der Waals surface area contributed by atoms with Gasteiger partial charge in [0.15, 0.2) is 0 Å². The number of halogens is 1. The van der Waals surface area contributed by atoms with Gasteiger partial charge in [0, 0.05) is 25.3 Å². The van der Waals surface area contributed by atoms with Crippen LogP contribution in [0.1, 0.15) is 60.5 Å². The van der Waals surface area contributed by atoms with E-state index in [1.54, 1.807) is 37.3 Å². The minimum absolute atomic E-state index is 0.190. The largest absolute Gasteiger partial charge is 0.462 e. The lowest BCUT2D eigenvalue weighted by atomic mass is 9.88. The third kappa shape index (κ3) is 4.99. The molecule has 1 aliphatic rings. The van der Waals surface area contributed by atoms with Crippen molar-refractivity contribution in [2.24, 2.45) is 0 Å². The van der Waals surface area contributed by atoms with E-state index in [-0.39, 0.29) is 11.7 Å². The van der Waals surface area contributed by atoms with Gasteiger partial charge in [-0.05, 0) is 74.6 Å². The van der Waals surface area contributed by atoms with Gasteiger partial charge in [0.2, 0.25) is 5.91 Å². The molecular weight excluding hydrogens is 383 g/mol. The maximum Gasteiger partial charge on any atom is 0.338 e. The molecule has 0 saturated carbocycles. The van der Waals surface area contributed by atoms with E-state index in [2.05, 4.69) is 10.2 Å². The number of carbonyl (C=O) groups is 2. The van der Waals surface area contributed by atoms with Crippen LogP contribution in [0.25, 0.3) is 0 Å². The molecule has 30 heavy (non-hydrogen) atoms. The van der Waals surface area contributed by atoms with Crippen molar-refractivity contribution in [3.05, 3.63) is 65.0 Å². The standard InChI is InChI=1S/C24H29FN2O3/c1-3-26-23(28)22(17-8-10-18(11-9-17)24(29)30-4-2)20-16-19(25)12-13-21(20)27-14-6-5-7-15-27/h8-13,16,22H,3-7,14-15H2,1-2H3,(H,26,28). The average Bonchev–Trinajstić information content (AvgIpc) is 2.75. The molecule has 0 aromatic heterocycles. The molecule has 0 aliphatic carbocycles. The molecule has 1 heterocycles. The number of carbonyl (C=O) groups excluding carboxylic acids is 2. The molecule has 1 fully saturated rings. The number of nitrogens with zero attached hydrogens (tertiary/aromatic N) is 1. The molecule has 2 aromatic rings. The first-order chi connectivity index (χ1) is 14.5. The summed E-state index contributed by atoms with van der Waals surface area (Å²) in [5.74, 6) is -1.64. The van der Waals surface area contributed by atoms with Crippen molar-refractivity contribution in [1.29, 1.82) is 0 Å². The second-order valence-electron chi connectivity index (χ2n) is 7.42. The molecule has 6 heteroatoms. The molecule has 1 unspecified atom stereocenters. The SMILES string of the molecule is CCNC(=O)C(c1ccc(C(=O)OCC)cc1)c1cc(F)ccc1N1CCCCC1. The van der Waals surface area contributed by atoms with Crippen LogP contribution in [-0.2, 0) is 9.53 Å². The van der Waals surface area contributed by atoms with E-state index in [1.165, 1.54) is 18.6 Å². The van der Waals surface area contributed by atoms with Crippen molar-refractivity contribution in [2.75, 3.05) is 31.1 Å². The highest BCUT2D eigenvalue weighted by Crippen LogP contribution is 2.35. The van der Waals surface area contributed by atoms with Gasteiger partial charge in [-0.25, -0.2) is 9.18 Å². The number of esters is 1. The van der Waals surface area contributed by atoms with Crippen LogP contribution in [0.2, 0.25) is 0 Å². The maximum absolute atomic E-state index is 14.3. The predicted molar refractivity (Wildman–Crippen MR) is 115 cm³/mol. The van der Waals surface area contributed by atoms with Crippen LogP contribution >= 0.6 is 0 Å². The van der Waals surface area contributed by atoms with Gasteiger partial charge in [-0.1, -0.05) is 12.1 Å². The molecule has 0 spiro atoms. The molecule has 0 radical (unpaired) electrons. The lowest BCUT2D eigenvalue weighted by molar-refractivity contribution is -0.121. The zero-order valence-electron chi connectivity index (χ0n) is 17.6. The molecule has 1 saturated heterocycles. The molecule has 1 N–H and O–H groups in total. The van der Waals surface area contributed by atoms with Crippen LogP contribution in [0, 0.1) is 5.82 Å². The molecule has 2 aromatic carbocycles. The zero-order valence-corrected chi connectivity index (χ0v) is 17.6. The van der Waals surface area contributed by atoms with E-state index in [4.69, 9.17) is 4.74 Å². The highest BCUT2D eigenvalue weighted by Gasteiger charge is 2.28. The van der Waals surface area contributed by atoms with Gasteiger partial charge in [0.1, 0.15) is 5.82 Å². The quantitative estimate of drug-likeness (QED) is 0.691. The van der Waals surface area contributed by atoms with Gasteiger partial charge in [0.05, 0.1) is 18.1 Å². The Hall–Kier alpha value is -2.89. The number of ether oxygens (including phenoxy) is 1. The van der Waals surface area contributed by atoms with Gasteiger partial charge in [-0.15, -0.1) is 0 Å². The highest BCUT2D eigenvalue weighted by atomic mass is 19.1. The number of hydrogen-bond donors (Lipinski definition) is 1. The van der Waals surface area contributed by atoms with Crippen LogP contribution in [0.3, 0.4) is 0 Å². The minimum atomic E-state index is -0.672. The van der Waals surface area contributed by atoms with E-state index < -0.39 is 11.9 Å². The summed E-state index contributed by atoms with van der Waals surface area (Å²) in [4.78, 5) is 27.3. The van der Waals surface area contributed by atoms with E-state index in [0.29, 0.717) is 29.8 Å². The van der Waals surface area contributed by atoms with Crippen LogP contribution in [0.5, 0.6) is 0 Å². The smallest absolute Gasteiger partial charge is 0.338 e. The number of benzene rings is 2. The van der Waals surface area contributed by atoms with E-state index in [1.807, 2.05) is 6.92 Å². The Morgan fingerprint density at radius 3 is 2.40 bits per heavy atom. The lowest BCUT2D eigenvalue weighted by Gasteiger charge is -2.32. The Bertz CT molecular complexity index is 877. The summed E-state index contributed by atoms with van der Waals surface area (Å²) >= 11 is 0. The summed E-state index contributed by atoms with van der Waals surface area (Å²) in [5, 5.41) is 2.88. The second-order valence-corrected chi connectivity index (χ2v) is 7.42. The maximum atomic E-state index is 14.3. The van der Waals surface area contributed by atoms with Crippen molar-refractivity contribution in [3.8, 4) is 0 Å². The fraction of sp³-hybridized carbons (Fsp3) is 0.417. The Balaban J connectivity index is 2.03. The number of likely N-dealkylation sites (N-methyl/N-ethyl adjacent to an activating group) is 1. The molecule has 5 nitrogen and oxygen atoms in total. The van der Waals surface area contributed by atoms with Crippen molar-refractivity contribution in [2.45, 2.75) is 39.0 Å². The predicted octanol–water partition coefficient (Wildman–Crippen LogP) is 4.26. The average molecular weight is 413 g/mol. The van der Waals surface area contributed by atoms with Crippen LogP contribution in [0.15, 0.2) is 42.5 Å². The molecule has 1 atom stereocenters. The first-order valence-electron chi connectivity index (χ1n) is 10.6. The fourth-order valence-electron chi connectivity index (χ4n) is 3.95. The van der Waals surface area contributed by atoms with Crippen molar-refractivity contribution < 1.29 is 18.7 Å². The Morgan fingerprint density at radius 2 is 1.77 bits per heavy atom. The molecule has 1 amide bonds. The highest BCUT2D eigenvalue weighted by molar-refractivity contribution is 5.91. The number of nitrogens with one attached hydrogen (secondary N) is 1. The van der Waals surface area contributed by atoms with Crippen molar-refractivity contribution >= 4 is 17.6 Å². The van der Waals surface area contributed by atoms with Crippen molar-refractivity contribution in [1.82, 2.24) is 5.32 Å². The van der Waals surface area contributed by atoms with Crippen LogP contribution < -0.4 is 10.2 Å². The van der Waals surface area contributed by atoms with Gasteiger partial charge >= 0.3 is 5.97 Å². The minimum Gasteiger partial charge on any atom is -0.462 e. The molecule has 3 rings (SSSR count). The van der Waals surface area contributed by atoms with Gasteiger partial charge < -0.3 is 15.0 Å². The van der Waals surface area contributed by atoms with Crippen LogP contribution in [-0.4, -0.2) is 38.1 Å². The van der Waals surface area contributed by atoms with Crippen LogP contribution in [0.4, 0.5) is 10.1 Å². The molecular formula is C24H29FN2O3. The normalized spacial score (nSPS) is 14.8. The van der Waals surface area contributed by atoms with E-state index in [9.17, 15) is 14.0 Å². The summed E-state index contributed by atoms with van der Waals surface area (Å²) in [5.41, 5.74) is 2.66. The number of amides is 1. The number of piperidine rings is 1. The van der Waals surface area contributed by atoms with Gasteiger partial charge in [-0.2, -0.15) is 0 Å². The van der Waals surface area contributed by atoms with E-state index in [0.717, 1.165) is 31.6 Å². The molecule has 0 bridgehead atoms. The summed E-state index contributed by atoms with van der Waals surface area (Å²) in [6, 6.07) is 11.5. The third-order valence-electron chi connectivity index (χ3n) is 5.37. The number of hydrogen-bond acceptors (Lipinski definition) is 4. The zero-order chi connectivity index (χ0) is 21.5. The summed E-state index contributed by atoms with van der Waals surface area (Å²) in [6.45, 7) is 6.17. The van der Waals surface area contributed by atoms with Gasteiger partial charge in [0.25, 0.3) is 0 Å². The topological polar surface area (TPSA) is 58.6 Å². The first-order valence-corrected chi connectivity index (χ1v) is 10.6. The Labute approximate surface area is 177 Å². The van der Waals surface area contributed by atoms with E-state index >= 15 is 0 Å². The molecule has 1 aliphatic heterocycles. The third-order valence-corrected chi connectivity index (χ3v) is 5.37. The summed E-state index contributed by atoms with van der Waals surface area (Å²) in [6.07, 6.45) is 3.34. The monoisotopic (exact) mass is 412 g/mol. The second kappa shape index (κ2) is 10.2. The van der Waals surface area contributed by atoms with Gasteiger partial charge in [-0.3, -0.25) is 4.79 Å². The van der Waals surface area contributed by atoms with Crippen molar-refractivity contribution in [3.63, 3.8) is 0 Å². The fourth-order valence-corrected chi connectivity index (χ4v) is 3.95.